The number of nitrogens with zero attached hydrogens (tertiary/aromatic N) is 2. The average molecular weight is 224 g/mol. The van der Waals surface area contributed by atoms with Crippen LogP contribution in [0, 0.1) is 10.1 Å². The number of benzene rings is 1. The Bertz CT molecular complexity index is 497. The number of nitro groups is 1. The van der Waals surface area contributed by atoms with E-state index in [1.54, 1.807) is 23.7 Å². The smallest absolute Gasteiger partial charge is 0.233 e. The van der Waals surface area contributed by atoms with E-state index < -0.39 is 17.6 Å². The summed E-state index contributed by atoms with van der Waals surface area (Å²) in [5.74, 6) is 0. The SMILES string of the molecule is O=[N+]([O-])CC(O)c1ccc2ncsc2c1. The van der Waals surface area contributed by atoms with E-state index in [0.29, 0.717) is 5.56 Å². The summed E-state index contributed by atoms with van der Waals surface area (Å²) >= 11 is 1.45. The number of fused-ring (bicyclic) bond motifs is 1. The van der Waals surface area contributed by atoms with Gasteiger partial charge in [-0.2, -0.15) is 0 Å². The number of hydrogen-bond donors (Lipinski definition) is 1. The predicted octanol–water partition coefficient (Wildman–Crippen LogP) is 1.61. The van der Waals surface area contributed by atoms with Crippen LogP contribution in [0.15, 0.2) is 23.7 Å². The van der Waals surface area contributed by atoms with Gasteiger partial charge >= 0.3 is 0 Å². The standard InChI is InChI=1S/C9H8N2O3S/c12-8(4-11(13)14)6-1-2-7-9(3-6)15-5-10-7/h1-3,5,8,12H,4H2. The normalized spacial score (nSPS) is 12.9. The number of hydrogen-bond acceptors (Lipinski definition) is 5. The summed E-state index contributed by atoms with van der Waals surface area (Å²) in [6.07, 6.45) is -1.05. The molecule has 0 spiro atoms. The van der Waals surface area contributed by atoms with Crippen LogP contribution in [0.5, 0.6) is 0 Å². The summed E-state index contributed by atoms with van der Waals surface area (Å²) in [6, 6.07) is 5.15. The highest BCUT2D eigenvalue weighted by Crippen LogP contribution is 2.22. The molecule has 0 saturated heterocycles. The van der Waals surface area contributed by atoms with Gasteiger partial charge in [-0.15, -0.1) is 11.3 Å². The van der Waals surface area contributed by atoms with Crippen molar-refractivity contribution in [2.45, 2.75) is 6.10 Å². The molecule has 0 aliphatic heterocycles. The molecule has 0 amide bonds. The molecule has 1 N–H and O–H groups in total. The lowest BCUT2D eigenvalue weighted by Crippen LogP contribution is -2.11. The first-order valence-electron chi connectivity index (χ1n) is 4.30. The van der Waals surface area contributed by atoms with Crippen LogP contribution in [0.25, 0.3) is 10.2 Å². The van der Waals surface area contributed by atoms with E-state index in [0.717, 1.165) is 10.2 Å². The topological polar surface area (TPSA) is 76.3 Å². The summed E-state index contributed by atoms with van der Waals surface area (Å²) < 4.78 is 0.926. The molecule has 0 aliphatic carbocycles. The molecule has 0 saturated carbocycles. The molecule has 78 valence electrons. The Hall–Kier alpha value is -1.53. The highest BCUT2D eigenvalue weighted by molar-refractivity contribution is 7.16. The molecule has 2 aromatic rings. The van der Waals surface area contributed by atoms with E-state index >= 15 is 0 Å². The lowest BCUT2D eigenvalue weighted by molar-refractivity contribution is -0.491. The molecule has 1 atom stereocenters. The first-order valence-corrected chi connectivity index (χ1v) is 5.18. The molecule has 0 fully saturated rings. The van der Waals surface area contributed by atoms with Gasteiger partial charge in [-0.25, -0.2) is 4.98 Å². The molecule has 6 heteroatoms. The largest absolute Gasteiger partial charge is 0.382 e. The first kappa shape index (κ1) is 10.0. The van der Waals surface area contributed by atoms with Gasteiger partial charge in [0.15, 0.2) is 0 Å². The minimum Gasteiger partial charge on any atom is -0.382 e. The van der Waals surface area contributed by atoms with Crippen molar-refractivity contribution < 1.29 is 10.0 Å². The highest BCUT2D eigenvalue weighted by atomic mass is 32.1. The molecular weight excluding hydrogens is 216 g/mol. The van der Waals surface area contributed by atoms with Gasteiger partial charge < -0.3 is 5.11 Å². The fourth-order valence-electron chi connectivity index (χ4n) is 1.33. The predicted molar refractivity (Wildman–Crippen MR) is 56.4 cm³/mol. The average Bonchev–Trinajstić information content (AvgIpc) is 2.62. The van der Waals surface area contributed by atoms with Crippen molar-refractivity contribution >= 4 is 21.6 Å². The maximum absolute atomic E-state index is 10.2. The molecule has 2 rings (SSSR count). The highest BCUT2D eigenvalue weighted by Gasteiger charge is 2.14. The van der Waals surface area contributed by atoms with Crippen molar-refractivity contribution in [2.75, 3.05) is 6.54 Å². The van der Waals surface area contributed by atoms with Crippen LogP contribution in [0.1, 0.15) is 11.7 Å². The van der Waals surface area contributed by atoms with E-state index in [2.05, 4.69) is 4.98 Å². The fraction of sp³-hybridized carbons (Fsp3) is 0.222. The zero-order valence-corrected chi connectivity index (χ0v) is 8.48. The Labute approximate surface area is 89.2 Å². The molecule has 0 bridgehead atoms. The van der Waals surface area contributed by atoms with Gasteiger partial charge in [0.25, 0.3) is 0 Å². The summed E-state index contributed by atoms with van der Waals surface area (Å²) in [5.41, 5.74) is 3.11. The lowest BCUT2D eigenvalue weighted by atomic mass is 10.1. The van der Waals surface area contributed by atoms with Crippen molar-refractivity contribution in [1.29, 1.82) is 0 Å². The zero-order chi connectivity index (χ0) is 10.8. The van der Waals surface area contributed by atoms with Gasteiger partial charge in [0.2, 0.25) is 6.54 Å². The van der Waals surface area contributed by atoms with E-state index in [-0.39, 0.29) is 0 Å². The van der Waals surface area contributed by atoms with E-state index in [1.807, 2.05) is 0 Å². The second-order valence-electron chi connectivity index (χ2n) is 3.11. The molecule has 15 heavy (non-hydrogen) atoms. The van der Waals surface area contributed by atoms with Crippen molar-refractivity contribution in [3.8, 4) is 0 Å². The van der Waals surface area contributed by atoms with Crippen LogP contribution in [0.2, 0.25) is 0 Å². The Balaban J connectivity index is 2.30. The summed E-state index contributed by atoms with van der Waals surface area (Å²) in [7, 11) is 0. The molecule has 0 radical (unpaired) electrons. The summed E-state index contributed by atoms with van der Waals surface area (Å²) in [6.45, 7) is -0.468. The van der Waals surface area contributed by atoms with Gasteiger partial charge in [-0.3, -0.25) is 10.1 Å². The van der Waals surface area contributed by atoms with E-state index in [4.69, 9.17) is 0 Å². The van der Waals surface area contributed by atoms with Crippen molar-refractivity contribution in [1.82, 2.24) is 4.98 Å². The number of thiazole rings is 1. The van der Waals surface area contributed by atoms with Crippen LogP contribution in [0.3, 0.4) is 0 Å². The van der Waals surface area contributed by atoms with Crippen LogP contribution in [0.4, 0.5) is 0 Å². The molecule has 1 aromatic carbocycles. The van der Waals surface area contributed by atoms with Crippen LogP contribution in [-0.2, 0) is 0 Å². The maximum atomic E-state index is 10.2. The van der Waals surface area contributed by atoms with Crippen LogP contribution in [-0.4, -0.2) is 21.6 Å². The van der Waals surface area contributed by atoms with E-state index in [1.165, 1.54) is 11.3 Å². The maximum Gasteiger partial charge on any atom is 0.233 e. The molecule has 1 unspecified atom stereocenters. The quantitative estimate of drug-likeness (QED) is 0.634. The third-order valence-corrected chi connectivity index (χ3v) is 2.85. The fourth-order valence-corrected chi connectivity index (χ4v) is 2.05. The molecule has 5 nitrogen and oxygen atoms in total. The van der Waals surface area contributed by atoms with Gasteiger partial charge in [-0.05, 0) is 17.7 Å². The molecular formula is C9H8N2O3S. The Kier molecular flexibility index (Phi) is 2.61. The number of aliphatic hydroxyl groups is 1. The number of rotatable bonds is 3. The lowest BCUT2D eigenvalue weighted by Gasteiger charge is -2.05. The van der Waals surface area contributed by atoms with Crippen molar-refractivity contribution in [3.05, 3.63) is 39.4 Å². The van der Waals surface area contributed by atoms with Crippen LogP contribution < -0.4 is 0 Å². The van der Waals surface area contributed by atoms with Crippen molar-refractivity contribution in [2.24, 2.45) is 0 Å². The zero-order valence-electron chi connectivity index (χ0n) is 7.66. The summed E-state index contributed by atoms with van der Waals surface area (Å²) in [4.78, 5) is 13.8. The molecule has 1 heterocycles. The number of aliphatic hydroxyl groups excluding tert-OH is 1. The Morgan fingerprint density at radius 3 is 3.13 bits per heavy atom. The third kappa shape index (κ3) is 2.11. The first-order chi connectivity index (χ1) is 7.16. The monoisotopic (exact) mass is 224 g/mol. The Morgan fingerprint density at radius 1 is 1.60 bits per heavy atom. The number of aromatic nitrogens is 1. The molecule has 1 aromatic heterocycles. The van der Waals surface area contributed by atoms with Gasteiger partial charge in [0.05, 0.1) is 15.7 Å². The molecule has 0 aliphatic rings. The minimum atomic E-state index is -1.05. The van der Waals surface area contributed by atoms with Gasteiger partial charge in [0, 0.05) is 4.92 Å². The van der Waals surface area contributed by atoms with Gasteiger partial charge in [-0.1, -0.05) is 6.07 Å². The Morgan fingerprint density at radius 2 is 2.40 bits per heavy atom. The summed E-state index contributed by atoms with van der Waals surface area (Å²) in [5, 5.41) is 19.8. The van der Waals surface area contributed by atoms with Crippen molar-refractivity contribution in [3.63, 3.8) is 0 Å². The second-order valence-corrected chi connectivity index (χ2v) is 4.00. The van der Waals surface area contributed by atoms with Crippen LogP contribution >= 0.6 is 11.3 Å². The van der Waals surface area contributed by atoms with Gasteiger partial charge in [0.1, 0.15) is 6.10 Å². The third-order valence-electron chi connectivity index (χ3n) is 2.06. The second kappa shape index (κ2) is 3.92. The van der Waals surface area contributed by atoms with E-state index in [9.17, 15) is 15.2 Å². The minimum absolute atomic E-state index is 0.468.